The van der Waals surface area contributed by atoms with E-state index in [0.29, 0.717) is 34.6 Å². The third kappa shape index (κ3) is 4.56. The van der Waals surface area contributed by atoms with Crippen LogP contribution in [0.3, 0.4) is 0 Å². The van der Waals surface area contributed by atoms with Gasteiger partial charge in [-0.3, -0.25) is 4.79 Å². The van der Waals surface area contributed by atoms with Gasteiger partial charge in [-0.05, 0) is 60.9 Å². The van der Waals surface area contributed by atoms with E-state index in [-0.39, 0.29) is 24.7 Å². The van der Waals surface area contributed by atoms with Gasteiger partial charge in [0, 0.05) is 35.2 Å². The lowest BCUT2D eigenvalue weighted by molar-refractivity contribution is -0.140. The maximum Gasteiger partial charge on any atom is 0.337 e. The fourth-order valence-corrected chi connectivity index (χ4v) is 5.00. The largest absolute Gasteiger partial charge is 0.497 e. The summed E-state index contributed by atoms with van der Waals surface area (Å²) in [5, 5.41) is 3.28. The Hall–Kier alpha value is -4.13. The van der Waals surface area contributed by atoms with Crippen LogP contribution in [0, 0.1) is 5.82 Å². The van der Waals surface area contributed by atoms with Crippen LogP contribution >= 0.6 is 0 Å². The monoisotopic (exact) mass is 487 g/mol. The molecule has 1 aromatic heterocycles. The number of nitrogens with one attached hydrogen (secondary N) is 1. The van der Waals surface area contributed by atoms with E-state index in [4.69, 9.17) is 13.9 Å². The average molecular weight is 488 g/mol. The Labute approximate surface area is 208 Å². The minimum Gasteiger partial charge on any atom is -0.497 e. The first kappa shape index (κ1) is 23.6. The van der Waals surface area contributed by atoms with Gasteiger partial charge in [0.25, 0.3) is 0 Å². The molecule has 1 aliphatic carbocycles. The predicted octanol–water partition coefficient (Wildman–Crippen LogP) is 5.53. The van der Waals surface area contributed by atoms with Crippen LogP contribution in [0.5, 0.6) is 5.75 Å². The highest BCUT2D eigenvalue weighted by molar-refractivity contribution is 6.04. The molecule has 6 nitrogen and oxygen atoms in total. The molecule has 7 heteroatoms. The zero-order valence-corrected chi connectivity index (χ0v) is 20.0. The van der Waals surface area contributed by atoms with Crippen molar-refractivity contribution < 1.29 is 27.9 Å². The van der Waals surface area contributed by atoms with Crippen LogP contribution in [0.15, 0.2) is 93.9 Å². The molecular formula is C29H26FNO5. The van der Waals surface area contributed by atoms with Crippen molar-refractivity contribution in [2.45, 2.75) is 38.2 Å². The van der Waals surface area contributed by atoms with Crippen molar-refractivity contribution in [1.29, 1.82) is 0 Å². The zero-order chi connectivity index (χ0) is 25.2. The average Bonchev–Trinajstić information content (AvgIpc) is 3.42. The molecule has 0 saturated heterocycles. The summed E-state index contributed by atoms with van der Waals surface area (Å²) in [6, 6.07) is 16.9. The Kier molecular flexibility index (Phi) is 6.46. The molecule has 0 saturated carbocycles. The lowest BCUT2D eigenvalue weighted by Gasteiger charge is -2.36. The summed E-state index contributed by atoms with van der Waals surface area (Å²) in [6.07, 6.45) is 2.38. The van der Waals surface area contributed by atoms with Gasteiger partial charge >= 0.3 is 5.97 Å². The van der Waals surface area contributed by atoms with Crippen molar-refractivity contribution in [3.05, 3.63) is 112 Å². The lowest BCUT2D eigenvalue weighted by Crippen LogP contribution is -2.36. The summed E-state index contributed by atoms with van der Waals surface area (Å²) in [5.74, 6) is -0.494. The number of carbonyl (C=O) groups is 2. The van der Waals surface area contributed by atoms with Gasteiger partial charge in [-0.1, -0.05) is 24.3 Å². The Morgan fingerprint density at radius 1 is 1.11 bits per heavy atom. The van der Waals surface area contributed by atoms with E-state index in [9.17, 15) is 14.0 Å². The quantitative estimate of drug-likeness (QED) is 0.461. The molecule has 2 atom stereocenters. The second-order valence-corrected chi connectivity index (χ2v) is 9.01. The number of hydrogen-bond donors (Lipinski definition) is 1. The molecule has 1 aliphatic heterocycles. The Bertz CT molecular complexity index is 1350. The highest BCUT2D eigenvalue weighted by Gasteiger charge is 2.42. The number of Topliss-reactive ketones (excluding diaryl/α,β-unsaturated/α-hetero) is 1. The maximum absolute atomic E-state index is 14.3. The summed E-state index contributed by atoms with van der Waals surface area (Å²) < 4.78 is 30.7. The van der Waals surface area contributed by atoms with E-state index in [1.807, 2.05) is 18.2 Å². The molecule has 0 spiro atoms. The fourth-order valence-electron chi connectivity index (χ4n) is 5.00. The van der Waals surface area contributed by atoms with E-state index in [2.05, 4.69) is 5.32 Å². The first-order chi connectivity index (χ1) is 17.4. The van der Waals surface area contributed by atoms with Crippen molar-refractivity contribution in [3.63, 3.8) is 0 Å². The molecule has 0 amide bonds. The predicted molar refractivity (Wildman–Crippen MR) is 130 cm³/mol. The summed E-state index contributed by atoms with van der Waals surface area (Å²) in [6.45, 7) is 1.83. The lowest BCUT2D eigenvalue weighted by atomic mass is 9.72. The van der Waals surface area contributed by atoms with E-state index in [0.717, 1.165) is 17.0 Å². The third-order valence-electron chi connectivity index (χ3n) is 6.70. The maximum atomic E-state index is 14.3. The highest BCUT2D eigenvalue weighted by atomic mass is 19.1. The second-order valence-electron chi connectivity index (χ2n) is 9.01. The molecule has 2 aliphatic rings. The second kappa shape index (κ2) is 9.85. The fraction of sp³-hybridized carbons (Fsp3) is 0.241. The molecule has 2 heterocycles. The van der Waals surface area contributed by atoms with Crippen LogP contribution in [0.4, 0.5) is 4.39 Å². The molecule has 1 N–H and O–H groups in total. The summed E-state index contributed by atoms with van der Waals surface area (Å²) in [4.78, 5) is 26.9. The number of hydrogen-bond acceptors (Lipinski definition) is 6. The van der Waals surface area contributed by atoms with Crippen molar-refractivity contribution in [3.8, 4) is 5.75 Å². The van der Waals surface area contributed by atoms with Gasteiger partial charge in [-0.2, -0.15) is 0 Å². The van der Waals surface area contributed by atoms with Crippen molar-refractivity contribution in [2.75, 3.05) is 7.11 Å². The van der Waals surface area contributed by atoms with Crippen LogP contribution in [-0.4, -0.2) is 18.9 Å². The number of methoxy groups -OCH3 is 1. The Morgan fingerprint density at radius 2 is 1.92 bits per heavy atom. The molecule has 2 aromatic carbocycles. The molecule has 0 fully saturated rings. The molecule has 36 heavy (non-hydrogen) atoms. The van der Waals surface area contributed by atoms with Crippen LogP contribution in [0.1, 0.15) is 48.5 Å². The zero-order valence-electron chi connectivity index (χ0n) is 20.0. The van der Waals surface area contributed by atoms with Gasteiger partial charge in [-0.25, -0.2) is 9.18 Å². The van der Waals surface area contributed by atoms with Crippen molar-refractivity contribution >= 4 is 11.8 Å². The van der Waals surface area contributed by atoms with Crippen LogP contribution < -0.4 is 10.1 Å². The number of halogens is 1. The number of benzene rings is 2. The van der Waals surface area contributed by atoms with Gasteiger partial charge in [0.15, 0.2) is 5.78 Å². The third-order valence-corrected chi connectivity index (χ3v) is 6.70. The smallest absolute Gasteiger partial charge is 0.337 e. The number of ketones is 1. The van der Waals surface area contributed by atoms with Gasteiger partial charge in [0.1, 0.15) is 23.9 Å². The highest BCUT2D eigenvalue weighted by Crippen LogP contribution is 2.45. The number of dihydropyridines is 1. The number of rotatable bonds is 6. The molecule has 3 aromatic rings. The molecular weight excluding hydrogens is 461 g/mol. The van der Waals surface area contributed by atoms with Gasteiger partial charge < -0.3 is 19.2 Å². The molecule has 0 radical (unpaired) electrons. The first-order valence-corrected chi connectivity index (χ1v) is 11.8. The molecule has 0 unspecified atom stereocenters. The molecule has 5 rings (SSSR count). The van der Waals surface area contributed by atoms with Crippen molar-refractivity contribution in [2.24, 2.45) is 0 Å². The van der Waals surface area contributed by atoms with Gasteiger partial charge in [0.05, 0.1) is 18.9 Å². The number of furan rings is 1. The van der Waals surface area contributed by atoms with Crippen LogP contribution in [-0.2, 0) is 20.9 Å². The van der Waals surface area contributed by atoms with Crippen molar-refractivity contribution in [1.82, 2.24) is 5.32 Å². The minimum absolute atomic E-state index is 0.0515. The number of esters is 1. The molecule has 184 valence electrons. The first-order valence-electron chi connectivity index (χ1n) is 11.8. The summed E-state index contributed by atoms with van der Waals surface area (Å²) in [5.41, 5.74) is 3.41. The van der Waals surface area contributed by atoms with Gasteiger partial charge in [0.2, 0.25) is 0 Å². The SMILES string of the molecule is COc1ccc(COC(=O)C2=C(C)NC3=C(C(=O)C[C@H](c4ccco4)C3)[C@H]2c2cccc(F)c2)cc1. The summed E-state index contributed by atoms with van der Waals surface area (Å²) in [7, 11) is 1.58. The number of ether oxygens (including phenoxy) is 2. The summed E-state index contributed by atoms with van der Waals surface area (Å²) >= 11 is 0. The van der Waals surface area contributed by atoms with E-state index in [1.54, 1.807) is 50.6 Å². The van der Waals surface area contributed by atoms with E-state index >= 15 is 0 Å². The number of carbonyl (C=O) groups excluding carboxylic acids is 2. The number of allylic oxidation sites excluding steroid dienone is 3. The van der Waals surface area contributed by atoms with Gasteiger partial charge in [-0.15, -0.1) is 0 Å². The Balaban J connectivity index is 1.48. The standard InChI is InChI=1S/C29H26FNO5/c1-17-26(29(33)36-16-18-8-10-22(34-2)11-9-18)27(19-5-3-6-21(30)13-19)28-23(31-17)14-20(15-24(28)32)25-7-4-12-35-25/h3-13,20,27,31H,14-16H2,1-2H3/t20-,27+/m1/s1. The molecule has 0 bridgehead atoms. The van der Waals surface area contributed by atoms with E-state index < -0.39 is 17.7 Å². The van der Waals surface area contributed by atoms with Crippen LogP contribution in [0.25, 0.3) is 0 Å². The Morgan fingerprint density at radius 3 is 2.61 bits per heavy atom. The topological polar surface area (TPSA) is 77.8 Å². The minimum atomic E-state index is -0.731. The van der Waals surface area contributed by atoms with E-state index in [1.165, 1.54) is 12.1 Å². The normalized spacial score (nSPS) is 19.6. The van der Waals surface area contributed by atoms with Crippen LogP contribution in [0.2, 0.25) is 0 Å².